The van der Waals surface area contributed by atoms with E-state index in [1.165, 1.54) is 17.0 Å². The average Bonchev–Trinajstić information content (AvgIpc) is 2.70. The summed E-state index contributed by atoms with van der Waals surface area (Å²) < 4.78 is 14.0. The van der Waals surface area contributed by atoms with Crippen molar-refractivity contribution in [1.29, 1.82) is 0 Å². The number of hydrogen-bond acceptors (Lipinski definition) is 2. The van der Waals surface area contributed by atoms with Gasteiger partial charge in [0.05, 0.1) is 17.4 Å². The largest absolute Gasteiger partial charge is 0.366 e. The molecule has 0 spiro atoms. The van der Waals surface area contributed by atoms with Crippen LogP contribution in [0.1, 0.15) is 37.5 Å². The highest BCUT2D eigenvalue weighted by Crippen LogP contribution is 2.41. The lowest BCUT2D eigenvalue weighted by Gasteiger charge is -2.33. The second-order valence-electron chi connectivity index (χ2n) is 7.47. The van der Waals surface area contributed by atoms with Gasteiger partial charge in [0.1, 0.15) is 5.82 Å². The number of benzene rings is 2. The van der Waals surface area contributed by atoms with E-state index in [2.05, 4.69) is 4.99 Å². The zero-order valence-electron chi connectivity index (χ0n) is 18.0. The number of hydrogen-bond donors (Lipinski definition) is 0. The van der Waals surface area contributed by atoms with Crippen molar-refractivity contribution in [2.75, 3.05) is 27.7 Å². The first-order valence-electron chi connectivity index (χ1n) is 9.70. The lowest BCUT2D eigenvalue weighted by molar-refractivity contribution is -0.132. The molecule has 0 aromatic heterocycles. The van der Waals surface area contributed by atoms with Crippen LogP contribution in [0, 0.1) is 5.82 Å². The van der Waals surface area contributed by atoms with Crippen LogP contribution >= 0.6 is 11.6 Å². The van der Waals surface area contributed by atoms with Crippen LogP contribution < -0.4 is 0 Å². The lowest BCUT2D eigenvalue weighted by Crippen LogP contribution is -2.42. The van der Waals surface area contributed by atoms with E-state index in [4.69, 9.17) is 11.6 Å². The van der Waals surface area contributed by atoms with Crippen molar-refractivity contribution in [3.05, 3.63) is 63.9 Å². The number of amides is 1. The molecule has 0 radical (unpaired) electrons. The van der Waals surface area contributed by atoms with Gasteiger partial charge in [0.25, 0.3) is 0 Å². The molecule has 0 aliphatic rings. The fourth-order valence-electron chi connectivity index (χ4n) is 3.28. The van der Waals surface area contributed by atoms with E-state index < -0.39 is 11.2 Å². The molecule has 1 atom stereocenters. The van der Waals surface area contributed by atoms with Crippen LogP contribution in [0.2, 0.25) is 5.02 Å². The van der Waals surface area contributed by atoms with Crippen LogP contribution in [0.4, 0.5) is 10.1 Å². The van der Waals surface area contributed by atoms with Gasteiger partial charge >= 0.3 is 0 Å². The summed E-state index contributed by atoms with van der Waals surface area (Å²) in [5.74, 6) is -0.565. The van der Waals surface area contributed by atoms with Crippen molar-refractivity contribution in [3.63, 3.8) is 0 Å². The van der Waals surface area contributed by atoms with E-state index in [-0.39, 0.29) is 5.91 Å². The Hall–Kier alpha value is -2.40. The first-order chi connectivity index (χ1) is 13.6. The minimum Gasteiger partial charge on any atom is -0.366 e. The van der Waals surface area contributed by atoms with Crippen LogP contribution in [0.25, 0.3) is 0 Å². The summed E-state index contributed by atoms with van der Waals surface area (Å²) in [7, 11) is 5.32. The molecule has 6 heteroatoms. The summed E-state index contributed by atoms with van der Waals surface area (Å²) in [6, 6.07) is 9.84. The van der Waals surface area contributed by atoms with Crippen molar-refractivity contribution >= 4 is 29.5 Å². The predicted molar refractivity (Wildman–Crippen MR) is 119 cm³/mol. The zero-order chi connectivity index (χ0) is 21.8. The Balaban J connectivity index is 2.71. The van der Waals surface area contributed by atoms with Crippen LogP contribution in [0.15, 0.2) is 41.4 Å². The molecule has 1 unspecified atom stereocenters. The standard InChI is InChI=1S/C23H29ClFN3O/c1-7-16-12-19(20(24)14-21(16)26-15-28(6)8-2)23(3,22(29)27(4)5)17-10-9-11-18(25)13-17/h9-15H,7-8H2,1-6H3/b26-15+. The molecular formula is C23H29ClFN3O. The van der Waals surface area contributed by atoms with Crippen molar-refractivity contribution in [2.45, 2.75) is 32.6 Å². The van der Waals surface area contributed by atoms with E-state index in [0.29, 0.717) is 16.1 Å². The number of likely N-dealkylation sites (N-methyl/N-ethyl adjacent to an activating group) is 1. The fraction of sp³-hybridized carbons (Fsp3) is 0.391. The smallest absolute Gasteiger partial charge is 0.236 e. The van der Waals surface area contributed by atoms with Gasteiger partial charge in [-0.15, -0.1) is 0 Å². The lowest BCUT2D eigenvalue weighted by atomic mass is 9.74. The Labute approximate surface area is 178 Å². The Morgan fingerprint density at radius 1 is 1.21 bits per heavy atom. The number of carbonyl (C=O) groups excluding carboxylic acids is 1. The monoisotopic (exact) mass is 417 g/mol. The van der Waals surface area contributed by atoms with Crippen LogP contribution in [0.3, 0.4) is 0 Å². The third-order valence-electron chi connectivity index (χ3n) is 5.22. The summed E-state index contributed by atoms with van der Waals surface area (Å²) >= 11 is 6.68. The van der Waals surface area contributed by atoms with Gasteiger partial charge in [0.15, 0.2) is 0 Å². The van der Waals surface area contributed by atoms with E-state index in [9.17, 15) is 9.18 Å². The molecule has 2 rings (SSSR count). The van der Waals surface area contributed by atoms with Crippen molar-refractivity contribution < 1.29 is 9.18 Å². The first-order valence-corrected chi connectivity index (χ1v) is 10.1. The summed E-state index contributed by atoms with van der Waals surface area (Å²) in [6.45, 7) is 6.70. The highest BCUT2D eigenvalue weighted by atomic mass is 35.5. The topological polar surface area (TPSA) is 35.9 Å². The highest BCUT2D eigenvalue weighted by Gasteiger charge is 2.40. The molecule has 0 saturated heterocycles. The maximum Gasteiger partial charge on any atom is 0.236 e. The van der Waals surface area contributed by atoms with Gasteiger partial charge in [0, 0.05) is 32.7 Å². The number of aliphatic imine (C=N–C) groups is 1. The molecule has 0 aliphatic heterocycles. The summed E-state index contributed by atoms with van der Waals surface area (Å²) in [6.07, 6.45) is 2.49. The fourth-order valence-corrected chi connectivity index (χ4v) is 3.62. The second kappa shape index (κ2) is 9.40. The quantitative estimate of drug-likeness (QED) is 0.467. The Kier molecular flexibility index (Phi) is 7.42. The number of nitrogens with zero attached hydrogens (tertiary/aromatic N) is 3. The first kappa shape index (κ1) is 22.9. The Morgan fingerprint density at radius 3 is 2.45 bits per heavy atom. The molecule has 0 heterocycles. The van der Waals surface area contributed by atoms with Crippen LogP contribution in [-0.4, -0.2) is 49.7 Å². The minimum atomic E-state index is -1.13. The highest BCUT2D eigenvalue weighted by molar-refractivity contribution is 6.32. The predicted octanol–water partition coefficient (Wildman–Crippen LogP) is 5.05. The maximum atomic E-state index is 14.0. The molecule has 0 aliphatic carbocycles. The van der Waals surface area contributed by atoms with Crippen molar-refractivity contribution in [1.82, 2.24) is 9.80 Å². The van der Waals surface area contributed by atoms with Gasteiger partial charge in [-0.3, -0.25) is 4.79 Å². The summed E-state index contributed by atoms with van der Waals surface area (Å²) in [5, 5.41) is 0.426. The van der Waals surface area contributed by atoms with Gasteiger partial charge in [-0.1, -0.05) is 36.7 Å². The van der Waals surface area contributed by atoms with Gasteiger partial charge in [-0.25, -0.2) is 9.38 Å². The normalized spacial score (nSPS) is 13.4. The molecule has 0 fully saturated rings. The molecule has 29 heavy (non-hydrogen) atoms. The Bertz CT molecular complexity index is 913. The van der Waals surface area contributed by atoms with Gasteiger partial charge in [-0.2, -0.15) is 0 Å². The molecule has 2 aromatic carbocycles. The molecule has 156 valence electrons. The third kappa shape index (κ3) is 4.78. The third-order valence-corrected chi connectivity index (χ3v) is 5.53. The van der Waals surface area contributed by atoms with Crippen LogP contribution in [0.5, 0.6) is 0 Å². The van der Waals surface area contributed by atoms with E-state index in [0.717, 1.165) is 24.2 Å². The molecule has 0 N–H and O–H groups in total. The van der Waals surface area contributed by atoms with E-state index in [1.54, 1.807) is 45.6 Å². The van der Waals surface area contributed by atoms with Crippen LogP contribution in [-0.2, 0) is 16.6 Å². The molecule has 2 aromatic rings. The van der Waals surface area contributed by atoms with Gasteiger partial charge in [-0.05, 0) is 55.2 Å². The second-order valence-corrected chi connectivity index (χ2v) is 7.87. The molecule has 0 bridgehead atoms. The van der Waals surface area contributed by atoms with Crippen molar-refractivity contribution in [3.8, 4) is 0 Å². The van der Waals surface area contributed by atoms with E-state index in [1.807, 2.05) is 31.9 Å². The maximum absolute atomic E-state index is 14.0. The van der Waals surface area contributed by atoms with Gasteiger partial charge < -0.3 is 9.80 Å². The van der Waals surface area contributed by atoms with Crippen molar-refractivity contribution in [2.24, 2.45) is 4.99 Å². The number of halogens is 2. The SMILES string of the molecule is CCc1cc(C(C)(C(=O)N(C)C)c2cccc(F)c2)c(Cl)cc1/N=C/N(C)CC. The zero-order valence-corrected chi connectivity index (χ0v) is 18.7. The Morgan fingerprint density at radius 2 is 1.90 bits per heavy atom. The van der Waals surface area contributed by atoms with E-state index >= 15 is 0 Å². The molecule has 0 saturated carbocycles. The number of aryl methyl sites for hydroxylation is 1. The van der Waals surface area contributed by atoms with Gasteiger partial charge in [0.2, 0.25) is 5.91 Å². The molecule has 4 nitrogen and oxygen atoms in total. The number of rotatable bonds is 7. The average molecular weight is 418 g/mol. The minimum absolute atomic E-state index is 0.172. The summed E-state index contributed by atoms with van der Waals surface area (Å²) in [4.78, 5) is 21.3. The molecular weight excluding hydrogens is 389 g/mol. The summed E-state index contributed by atoms with van der Waals surface area (Å²) in [5.41, 5.74) is 1.81. The molecule has 1 amide bonds. The number of carbonyl (C=O) groups is 1.